The topological polar surface area (TPSA) is 82.5 Å². The minimum atomic E-state index is -0.490. The summed E-state index contributed by atoms with van der Waals surface area (Å²) in [4.78, 5) is 30.0. The van der Waals surface area contributed by atoms with Gasteiger partial charge in [0, 0.05) is 23.6 Å². The van der Waals surface area contributed by atoms with Gasteiger partial charge in [0.1, 0.15) is 0 Å². The Morgan fingerprint density at radius 2 is 2.09 bits per heavy atom. The molecule has 1 saturated heterocycles. The number of aromatic nitrogens is 1. The maximum Gasteiger partial charge on any atom is 0.231 e. The molecule has 2 aromatic rings. The molecule has 0 bridgehead atoms. The smallest absolute Gasteiger partial charge is 0.231 e. The largest absolute Gasteiger partial charge is 0.504 e. The predicted molar refractivity (Wildman–Crippen MR) is 89.1 cm³/mol. The second-order valence-corrected chi connectivity index (χ2v) is 6.07. The molecule has 1 aliphatic heterocycles. The lowest BCUT2D eigenvalue weighted by Crippen LogP contribution is -2.28. The first kappa shape index (κ1) is 15.5. The lowest BCUT2D eigenvalue weighted by atomic mass is 10.1. The van der Waals surface area contributed by atoms with Crippen molar-refractivity contribution < 1.29 is 14.7 Å². The molecular weight excluding hydrogens is 362 g/mol. The van der Waals surface area contributed by atoms with E-state index in [1.165, 1.54) is 12.3 Å². The molecule has 3 rings (SSSR count). The zero-order valence-corrected chi connectivity index (χ0v) is 13.7. The Bertz CT molecular complexity index is 766. The van der Waals surface area contributed by atoms with Crippen molar-refractivity contribution in [2.45, 2.75) is 6.42 Å². The van der Waals surface area contributed by atoms with Gasteiger partial charge in [0.05, 0.1) is 11.6 Å². The van der Waals surface area contributed by atoms with Gasteiger partial charge in [-0.2, -0.15) is 0 Å². The van der Waals surface area contributed by atoms with Gasteiger partial charge in [-0.1, -0.05) is 12.1 Å². The quantitative estimate of drug-likeness (QED) is 0.863. The highest BCUT2D eigenvalue weighted by atomic mass is 79.9. The molecule has 0 radical (unpaired) electrons. The van der Waals surface area contributed by atoms with Crippen LogP contribution in [-0.2, 0) is 9.59 Å². The lowest BCUT2D eigenvalue weighted by Gasteiger charge is -2.18. The van der Waals surface area contributed by atoms with E-state index in [1.54, 1.807) is 11.0 Å². The van der Waals surface area contributed by atoms with Crippen LogP contribution in [0, 0.1) is 5.92 Å². The number of amides is 2. The standard InChI is InChI=1S/C16H14BrN3O3/c17-11-4-1-2-5-12(11)20-9-10(8-14(20)22)16(23)19-15-13(21)6-3-7-18-15/h1-7,10,21H,8-9H2,(H,18,19,23). The maximum atomic E-state index is 12.3. The van der Waals surface area contributed by atoms with Crippen molar-refractivity contribution in [3.05, 3.63) is 47.1 Å². The molecule has 2 amide bonds. The van der Waals surface area contributed by atoms with Gasteiger partial charge in [0.15, 0.2) is 11.6 Å². The number of halogens is 1. The lowest BCUT2D eigenvalue weighted by molar-refractivity contribution is -0.122. The van der Waals surface area contributed by atoms with Crippen LogP contribution < -0.4 is 10.2 Å². The van der Waals surface area contributed by atoms with Gasteiger partial charge in [-0.25, -0.2) is 4.98 Å². The summed E-state index contributed by atoms with van der Waals surface area (Å²) in [5, 5.41) is 12.2. The Morgan fingerprint density at radius 1 is 1.30 bits per heavy atom. The zero-order valence-electron chi connectivity index (χ0n) is 12.1. The van der Waals surface area contributed by atoms with Crippen molar-refractivity contribution in [3.8, 4) is 5.75 Å². The maximum absolute atomic E-state index is 12.3. The van der Waals surface area contributed by atoms with Gasteiger partial charge < -0.3 is 15.3 Å². The molecule has 0 spiro atoms. The summed E-state index contributed by atoms with van der Waals surface area (Å²) in [5.41, 5.74) is 0.744. The summed E-state index contributed by atoms with van der Waals surface area (Å²) < 4.78 is 0.803. The Balaban J connectivity index is 1.74. The fourth-order valence-corrected chi connectivity index (χ4v) is 3.00. The summed E-state index contributed by atoms with van der Waals surface area (Å²) in [6.07, 6.45) is 1.60. The second kappa shape index (κ2) is 6.37. The molecule has 1 fully saturated rings. The molecule has 2 N–H and O–H groups in total. The zero-order chi connectivity index (χ0) is 16.4. The van der Waals surface area contributed by atoms with Crippen LogP contribution >= 0.6 is 15.9 Å². The summed E-state index contributed by atoms with van der Waals surface area (Å²) >= 11 is 3.42. The van der Waals surface area contributed by atoms with Gasteiger partial charge in [-0.3, -0.25) is 9.59 Å². The van der Waals surface area contributed by atoms with Crippen LogP contribution in [0.5, 0.6) is 5.75 Å². The highest BCUT2D eigenvalue weighted by Crippen LogP contribution is 2.32. The van der Waals surface area contributed by atoms with Gasteiger partial charge in [-0.15, -0.1) is 0 Å². The van der Waals surface area contributed by atoms with Gasteiger partial charge in [0.25, 0.3) is 0 Å². The van der Waals surface area contributed by atoms with E-state index in [2.05, 4.69) is 26.2 Å². The number of pyridine rings is 1. The average Bonchev–Trinajstić information content (AvgIpc) is 2.92. The first-order valence-electron chi connectivity index (χ1n) is 7.06. The second-order valence-electron chi connectivity index (χ2n) is 5.22. The van der Waals surface area contributed by atoms with Crippen LogP contribution in [0.15, 0.2) is 47.1 Å². The third kappa shape index (κ3) is 3.19. The van der Waals surface area contributed by atoms with Gasteiger partial charge in [-0.05, 0) is 40.2 Å². The van der Waals surface area contributed by atoms with Gasteiger partial charge in [0.2, 0.25) is 11.8 Å². The number of para-hydroxylation sites is 1. The predicted octanol–water partition coefficient (Wildman–Crippen LogP) is 2.54. The first-order chi connectivity index (χ1) is 11.1. The summed E-state index contributed by atoms with van der Waals surface area (Å²) in [6, 6.07) is 10.4. The van der Waals surface area contributed by atoms with Crippen LogP contribution in [0.1, 0.15) is 6.42 Å². The molecule has 0 saturated carbocycles. The van der Waals surface area contributed by atoms with E-state index in [9.17, 15) is 14.7 Å². The van der Waals surface area contributed by atoms with Gasteiger partial charge >= 0.3 is 0 Å². The first-order valence-corrected chi connectivity index (χ1v) is 7.85. The van der Waals surface area contributed by atoms with Crippen molar-refractivity contribution in [1.29, 1.82) is 0 Å². The molecule has 2 heterocycles. The molecule has 1 aromatic carbocycles. The molecule has 7 heteroatoms. The molecule has 1 aromatic heterocycles. The van der Waals surface area contributed by atoms with E-state index in [0.717, 1.165) is 10.2 Å². The normalized spacial score (nSPS) is 17.3. The van der Waals surface area contributed by atoms with E-state index in [0.29, 0.717) is 6.54 Å². The monoisotopic (exact) mass is 375 g/mol. The van der Waals surface area contributed by atoms with E-state index in [-0.39, 0.29) is 29.8 Å². The van der Waals surface area contributed by atoms with E-state index >= 15 is 0 Å². The molecule has 23 heavy (non-hydrogen) atoms. The van der Waals surface area contributed by atoms with Crippen molar-refractivity contribution >= 4 is 39.2 Å². The Hall–Kier alpha value is -2.41. The number of carbonyl (C=O) groups is 2. The number of rotatable bonds is 3. The SMILES string of the molecule is O=C(Nc1ncccc1O)C1CC(=O)N(c2ccccc2Br)C1. The van der Waals surface area contributed by atoms with Crippen LogP contribution in [0.25, 0.3) is 0 Å². The van der Waals surface area contributed by atoms with Crippen molar-refractivity contribution in [1.82, 2.24) is 4.98 Å². The molecule has 1 aliphatic rings. The van der Waals surface area contributed by atoms with Crippen LogP contribution in [0.2, 0.25) is 0 Å². The number of anilines is 2. The molecular formula is C16H14BrN3O3. The Kier molecular flexibility index (Phi) is 4.29. The number of hydrogen-bond donors (Lipinski definition) is 2. The molecule has 0 aliphatic carbocycles. The summed E-state index contributed by atoms with van der Waals surface area (Å²) in [7, 11) is 0. The molecule has 1 atom stereocenters. The van der Waals surface area contributed by atoms with E-state index < -0.39 is 5.92 Å². The summed E-state index contributed by atoms with van der Waals surface area (Å²) in [5.74, 6) is -0.933. The Morgan fingerprint density at radius 3 is 2.83 bits per heavy atom. The molecule has 118 valence electrons. The third-order valence-corrected chi connectivity index (χ3v) is 4.34. The van der Waals surface area contributed by atoms with Crippen LogP contribution in [0.3, 0.4) is 0 Å². The van der Waals surface area contributed by atoms with Crippen molar-refractivity contribution in [3.63, 3.8) is 0 Å². The highest BCUT2D eigenvalue weighted by molar-refractivity contribution is 9.10. The van der Waals surface area contributed by atoms with Crippen LogP contribution in [0.4, 0.5) is 11.5 Å². The number of benzene rings is 1. The van der Waals surface area contributed by atoms with E-state index in [4.69, 9.17) is 0 Å². The average molecular weight is 376 g/mol. The fourth-order valence-electron chi connectivity index (χ4n) is 2.50. The number of nitrogens with zero attached hydrogens (tertiary/aromatic N) is 2. The minimum absolute atomic E-state index is 0.101. The number of aromatic hydroxyl groups is 1. The summed E-state index contributed by atoms with van der Waals surface area (Å²) in [6.45, 7) is 0.293. The highest BCUT2D eigenvalue weighted by Gasteiger charge is 2.36. The van der Waals surface area contributed by atoms with E-state index in [1.807, 2.05) is 24.3 Å². The Labute approximate surface area is 141 Å². The fraction of sp³-hybridized carbons (Fsp3) is 0.188. The number of hydrogen-bond acceptors (Lipinski definition) is 4. The van der Waals surface area contributed by atoms with Crippen molar-refractivity contribution in [2.75, 3.05) is 16.8 Å². The third-order valence-electron chi connectivity index (χ3n) is 3.67. The number of carbonyl (C=O) groups excluding carboxylic acids is 2. The van der Waals surface area contributed by atoms with Crippen molar-refractivity contribution in [2.24, 2.45) is 5.92 Å². The molecule has 1 unspecified atom stereocenters. The number of nitrogens with one attached hydrogen (secondary N) is 1. The van der Waals surface area contributed by atoms with Crippen LogP contribution in [-0.4, -0.2) is 28.4 Å². The minimum Gasteiger partial charge on any atom is -0.504 e. The molecule has 6 nitrogen and oxygen atoms in total.